The molecule has 3 aromatic rings. The van der Waals surface area contributed by atoms with E-state index in [-0.39, 0.29) is 18.3 Å². The molecular weight excluding hydrogens is 280 g/mol. The number of nitrogens with zero attached hydrogens (tertiary/aromatic N) is 1. The van der Waals surface area contributed by atoms with Crippen molar-refractivity contribution in [2.45, 2.75) is 6.61 Å². The van der Waals surface area contributed by atoms with E-state index in [2.05, 4.69) is 10.3 Å². The predicted octanol–water partition coefficient (Wildman–Crippen LogP) is 3.51. The summed E-state index contributed by atoms with van der Waals surface area (Å²) in [6.45, 7) is 0.270. The fraction of sp³-hybridized carbons (Fsp3) is 0.0588. The standard InChI is InChI=1S/C17H14N2O3/c20-17(19-13-8-10-18-11-9-13)16-7-6-15(22-16)12-21-14-4-2-1-3-5-14/h1-11H,12H2,(H,18,19,20). The lowest BCUT2D eigenvalue weighted by atomic mass is 10.3. The first kappa shape index (κ1) is 13.9. The average molecular weight is 294 g/mol. The molecule has 0 saturated carbocycles. The maximum absolute atomic E-state index is 12.0. The molecule has 110 valence electrons. The summed E-state index contributed by atoms with van der Waals surface area (Å²) < 4.78 is 11.1. The number of nitrogens with one attached hydrogen (secondary N) is 1. The van der Waals surface area contributed by atoms with Crippen molar-refractivity contribution >= 4 is 11.6 Å². The minimum atomic E-state index is -0.308. The van der Waals surface area contributed by atoms with E-state index in [0.29, 0.717) is 11.4 Å². The molecule has 3 rings (SSSR count). The third-order valence-corrected chi connectivity index (χ3v) is 2.95. The zero-order chi connectivity index (χ0) is 15.2. The Morgan fingerprint density at radius 3 is 2.59 bits per heavy atom. The van der Waals surface area contributed by atoms with Gasteiger partial charge in [-0.1, -0.05) is 18.2 Å². The largest absolute Gasteiger partial charge is 0.486 e. The smallest absolute Gasteiger partial charge is 0.291 e. The van der Waals surface area contributed by atoms with Gasteiger partial charge < -0.3 is 14.5 Å². The highest BCUT2D eigenvalue weighted by atomic mass is 16.5. The van der Waals surface area contributed by atoms with E-state index in [9.17, 15) is 4.79 Å². The van der Waals surface area contributed by atoms with Gasteiger partial charge in [0.2, 0.25) is 0 Å². The summed E-state index contributed by atoms with van der Waals surface area (Å²) in [6.07, 6.45) is 3.22. The Labute approximate surface area is 127 Å². The molecule has 1 aromatic carbocycles. The third kappa shape index (κ3) is 3.52. The van der Waals surface area contributed by atoms with Gasteiger partial charge in [0.25, 0.3) is 5.91 Å². The molecule has 22 heavy (non-hydrogen) atoms. The van der Waals surface area contributed by atoms with Crippen LogP contribution in [0.1, 0.15) is 16.3 Å². The highest BCUT2D eigenvalue weighted by Crippen LogP contribution is 2.15. The Balaban J connectivity index is 1.60. The second-order valence-electron chi connectivity index (χ2n) is 4.56. The van der Waals surface area contributed by atoms with E-state index >= 15 is 0 Å². The molecule has 0 bridgehead atoms. The number of benzene rings is 1. The van der Waals surface area contributed by atoms with E-state index in [1.54, 1.807) is 36.7 Å². The minimum Gasteiger partial charge on any atom is -0.486 e. The zero-order valence-electron chi connectivity index (χ0n) is 11.7. The van der Waals surface area contributed by atoms with Crippen LogP contribution in [-0.2, 0) is 6.61 Å². The van der Waals surface area contributed by atoms with Gasteiger partial charge in [0, 0.05) is 18.1 Å². The molecule has 5 heteroatoms. The van der Waals surface area contributed by atoms with E-state index in [1.807, 2.05) is 30.3 Å². The summed E-state index contributed by atoms with van der Waals surface area (Å²) in [5, 5.41) is 2.73. The minimum absolute atomic E-state index is 0.239. The summed E-state index contributed by atoms with van der Waals surface area (Å²) >= 11 is 0. The lowest BCUT2D eigenvalue weighted by molar-refractivity contribution is 0.0992. The average Bonchev–Trinajstić information content (AvgIpc) is 3.04. The number of carbonyl (C=O) groups is 1. The molecule has 0 radical (unpaired) electrons. The summed E-state index contributed by atoms with van der Waals surface area (Å²) in [5.41, 5.74) is 0.665. The number of amides is 1. The lowest BCUT2D eigenvalue weighted by Crippen LogP contribution is -2.10. The van der Waals surface area contributed by atoms with Crippen LogP contribution in [0.15, 0.2) is 71.4 Å². The number of hydrogen-bond acceptors (Lipinski definition) is 4. The maximum atomic E-state index is 12.0. The number of aromatic nitrogens is 1. The van der Waals surface area contributed by atoms with Gasteiger partial charge in [0.15, 0.2) is 5.76 Å². The number of rotatable bonds is 5. The van der Waals surface area contributed by atoms with Crippen LogP contribution >= 0.6 is 0 Å². The Morgan fingerprint density at radius 2 is 1.82 bits per heavy atom. The van der Waals surface area contributed by atoms with E-state index in [1.165, 1.54) is 0 Å². The van der Waals surface area contributed by atoms with Crippen LogP contribution in [0.2, 0.25) is 0 Å². The molecule has 0 aliphatic heterocycles. The third-order valence-electron chi connectivity index (χ3n) is 2.95. The SMILES string of the molecule is O=C(Nc1ccncc1)c1ccc(COc2ccccc2)o1. The molecule has 1 amide bonds. The van der Waals surface area contributed by atoms with Crippen molar-refractivity contribution in [1.82, 2.24) is 4.98 Å². The molecule has 1 N–H and O–H groups in total. The summed E-state index contributed by atoms with van der Waals surface area (Å²) in [4.78, 5) is 15.9. The van der Waals surface area contributed by atoms with Crippen molar-refractivity contribution in [3.8, 4) is 5.75 Å². The first-order valence-electron chi connectivity index (χ1n) is 6.79. The van der Waals surface area contributed by atoms with Crippen LogP contribution in [0.25, 0.3) is 0 Å². The second kappa shape index (κ2) is 6.58. The molecule has 2 aromatic heterocycles. The number of furan rings is 1. The van der Waals surface area contributed by atoms with Crippen LogP contribution in [0.5, 0.6) is 5.75 Å². The molecule has 5 nitrogen and oxygen atoms in total. The Kier molecular flexibility index (Phi) is 4.15. The lowest BCUT2D eigenvalue weighted by Gasteiger charge is -2.04. The van der Waals surface area contributed by atoms with Gasteiger partial charge >= 0.3 is 0 Å². The van der Waals surface area contributed by atoms with Crippen LogP contribution in [0.3, 0.4) is 0 Å². The summed E-state index contributed by atoms with van der Waals surface area (Å²) in [5.74, 6) is 1.27. The van der Waals surface area contributed by atoms with E-state index < -0.39 is 0 Å². The quantitative estimate of drug-likeness (QED) is 0.782. The summed E-state index contributed by atoms with van der Waals surface area (Å²) in [7, 11) is 0. The fourth-order valence-corrected chi connectivity index (χ4v) is 1.88. The van der Waals surface area contributed by atoms with Crippen LogP contribution in [0.4, 0.5) is 5.69 Å². The van der Waals surface area contributed by atoms with E-state index in [0.717, 1.165) is 5.75 Å². The van der Waals surface area contributed by atoms with Gasteiger partial charge in [0.1, 0.15) is 18.1 Å². The molecule has 0 saturated heterocycles. The molecule has 0 unspecified atom stereocenters. The summed E-state index contributed by atoms with van der Waals surface area (Å²) in [6, 6.07) is 16.2. The molecular formula is C17H14N2O3. The Bertz CT molecular complexity index is 739. The number of para-hydroxylation sites is 1. The topological polar surface area (TPSA) is 64.4 Å². The van der Waals surface area contributed by atoms with Crippen molar-refractivity contribution < 1.29 is 13.9 Å². The number of pyridine rings is 1. The first-order valence-corrected chi connectivity index (χ1v) is 6.79. The second-order valence-corrected chi connectivity index (χ2v) is 4.56. The first-order chi connectivity index (χ1) is 10.8. The van der Waals surface area contributed by atoms with Crippen molar-refractivity contribution in [2.24, 2.45) is 0 Å². The van der Waals surface area contributed by atoms with Crippen molar-refractivity contribution in [3.63, 3.8) is 0 Å². The highest BCUT2D eigenvalue weighted by Gasteiger charge is 2.11. The van der Waals surface area contributed by atoms with Gasteiger partial charge in [-0.05, 0) is 36.4 Å². The van der Waals surface area contributed by atoms with Gasteiger partial charge in [-0.25, -0.2) is 0 Å². The highest BCUT2D eigenvalue weighted by molar-refractivity contribution is 6.02. The number of ether oxygens (including phenoxy) is 1. The van der Waals surface area contributed by atoms with Crippen molar-refractivity contribution in [2.75, 3.05) is 5.32 Å². The molecule has 0 spiro atoms. The Morgan fingerprint density at radius 1 is 1.05 bits per heavy atom. The van der Waals surface area contributed by atoms with Gasteiger partial charge in [-0.3, -0.25) is 9.78 Å². The monoisotopic (exact) mass is 294 g/mol. The number of anilines is 1. The molecule has 0 fully saturated rings. The number of hydrogen-bond donors (Lipinski definition) is 1. The number of carbonyl (C=O) groups excluding carboxylic acids is 1. The molecule has 0 atom stereocenters. The molecule has 0 aliphatic carbocycles. The predicted molar refractivity (Wildman–Crippen MR) is 81.7 cm³/mol. The normalized spacial score (nSPS) is 10.2. The fourth-order valence-electron chi connectivity index (χ4n) is 1.88. The van der Waals surface area contributed by atoms with Gasteiger partial charge in [-0.2, -0.15) is 0 Å². The Hall–Kier alpha value is -3.08. The van der Waals surface area contributed by atoms with Crippen molar-refractivity contribution in [1.29, 1.82) is 0 Å². The van der Waals surface area contributed by atoms with Gasteiger partial charge in [-0.15, -0.1) is 0 Å². The molecule has 0 aliphatic rings. The van der Waals surface area contributed by atoms with Gasteiger partial charge in [0.05, 0.1) is 0 Å². The van der Waals surface area contributed by atoms with Crippen LogP contribution in [0, 0.1) is 0 Å². The van der Waals surface area contributed by atoms with Crippen LogP contribution < -0.4 is 10.1 Å². The van der Waals surface area contributed by atoms with Crippen molar-refractivity contribution in [3.05, 3.63) is 78.5 Å². The van der Waals surface area contributed by atoms with Crippen LogP contribution in [-0.4, -0.2) is 10.9 Å². The zero-order valence-corrected chi connectivity index (χ0v) is 11.7. The molecule has 2 heterocycles. The van der Waals surface area contributed by atoms with E-state index in [4.69, 9.17) is 9.15 Å². The maximum Gasteiger partial charge on any atom is 0.291 e.